The van der Waals surface area contributed by atoms with Crippen LogP contribution in [0, 0.1) is 5.41 Å². The molecule has 2 nitrogen and oxygen atoms in total. The number of hydrogen-bond donors (Lipinski definition) is 1. The molecule has 1 aliphatic heterocycles. The Bertz CT molecular complexity index is 426. The largest absolute Gasteiger partial charge is 0.312 e. The fourth-order valence-electron chi connectivity index (χ4n) is 2.51. The topological polar surface area (TPSA) is 15.3 Å². The van der Waals surface area contributed by atoms with E-state index in [1.165, 1.54) is 25.9 Å². The van der Waals surface area contributed by atoms with Gasteiger partial charge in [0.15, 0.2) is 0 Å². The smallest absolute Gasteiger partial charge is 0.0451 e. The highest BCUT2D eigenvalue weighted by atomic mass is 35.5. The normalized spacial score (nSPS) is 19.6. The zero-order valence-electron chi connectivity index (χ0n) is 11.7. The number of halogens is 2. The highest BCUT2D eigenvalue weighted by molar-refractivity contribution is 6.33. The van der Waals surface area contributed by atoms with Crippen molar-refractivity contribution in [2.45, 2.75) is 26.3 Å². The van der Waals surface area contributed by atoms with Crippen LogP contribution in [-0.4, -0.2) is 31.6 Å². The second kappa shape index (κ2) is 6.45. The molecule has 1 saturated heterocycles. The lowest BCUT2D eigenvalue weighted by atomic mass is 9.80. The molecule has 0 saturated carbocycles. The van der Waals surface area contributed by atoms with Crippen LogP contribution < -0.4 is 5.32 Å². The summed E-state index contributed by atoms with van der Waals surface area (Å²) in [4.78, 5) is 2.40. The Morgan fingerprint density at radius 1 is 1.26 bits per heavy atom. The Labute approximate surface area is 126 Å². The summed E-state index contributed by atoms with van der Waals surface area (Å²) in [7, 11) is 2.19. The van der Waals surface area contributed by atoms with E-state index in [2.05, 4.69) is 24.2 Å². The van der Waals surface area contributed by atoms with Gasteiger partial charge in [-0.1, -0.05) is 30.1 Å². The van der Waals surface area contributed by atoms with Gasteiger partial charge in [0.25, 0.3) is 0 Å². The Hall–Kier alpha value is -0.280. The van der Waals surface area contributed by atoms with E-state index in [0.29, 0.717) is 5.41 Å². The zero-order chi connectivity index (χ0) is 13.9. The quantitative estimate of drug-likeness (QED) is 0.909. The Balaban J connectivity index is 1.84. The summed E-state index contributed by atoms with van der Waals surface area (Å²) in [5.74, 6) is 0. The van der Waals surface area contributed by atoms with Crippen molar-refractivity contribution in [3.05, 3.63) is 33.8 Å². The molecular weight excluding hydrogens is 279 g/mol. The van der Waals surface area contributed by atoms with Crippen LogP contribution in [0.1, 0.15) is 25.3 Å². The van der Waals surface area contributed by atoms with Crippen LogP contribution in [0.5, 0.6) is 0 Å². The number of piperidine rings is 1. The van der Waals surface area contributed by atoms with Crippen molar-refractivity contribution in [3.63, 3.8) is 0 Å². The van der Waals surface area contributed by atoms with Gasteiger partial charge in [0.2, 0.25) is 0 Å². The Morgan fingerprint density at radius 3 is 2.63 bits per heavy atom. The number of nitrogens with one attached hydrogen (secondary N) is 1. The van der Waals surface area contributed by atoms with Gasteiger partial charge in [-0.15, -0.1) is 0 Å². The van der Waals surface area contributed by atoms with Crippen molar-refractivity contribution in [1.82, 2.24) is 10.2 Å². The molecular formula is C15H22Cl2N2. The first-order chi connectivity index (χ1) is 8.98. The lowest BCUT2D eigenvalue weighted by Crippen LogP contribution is -2.41. The lowest BCUT2D eigenvalue weighted by Gasteiger charge is -2.38. The van der Waals surface area contributed by atoms with Crippen molar-refractivity contribution in [1.29, 1.82) is 0 Å². The fourth-order valence-corrected chi connectivity index (χ4v) is 2.89. The van der Waals surface area contributed by atoms with Crippen LogP contribution in [0.3, 0.4) is 0 Å². The average molecular weight is 301 g/mol. The third kappa shape index (κ3) is 4.35. The van der Waals surface area contributed by atoms with E-state index < -0.39 is 0 Å². The van der Waals surface area contributed by atoms with Crippen LogP contribution in [-0.2, 0) is 6.54 Å². The minimum atomic E-state index is 0.400. The van der Waals surface area contributed by atoms with Gasteiger partial charge < -0.3 is 10.2 Å². The van der Waals surface area contributed by atoms with Crippen molar-refractivity contribution >= 4 is 23.2 Å². The molecule has 1 aliphatic rings. The fraction of sp³-hybridized carbons (Fsp3) is 0.600. The molecule has 0 spiro atoms. The highest BCUT2D eigenvalue weighted by Crippen LogP contribution is 2.29. The molecule has 0 radical (unpaired) electrons. The predicted octanol–water partition coefficient (Wildman–Crippen LogP) is 3.81. The minimum Gasteiger partial charge on any atom is -0.312 e. The molecule has 0 aromatic heterocycles. The van der Waals surface area contributed by atoms with E-state index in [1.807, 2.05) is 18.2 Å². The number of likely N-dealkylation sites (tertiary alicyclic amines) is 1. The number of rotatable bonds is 4. The van der Waals surface area contributed by atoms with Gasteiger partial charge in [0.1, 0.15) is 0 Å². The first kappa shape index (κ1) is 15.1. The molecule has 0 unspecified atom stereocenters. The predicted molar refractivity (Wildman–Crippen MR) is 83.0 cm³/mol. The van der Waals surface area contributed by atoms with E-state index in [9.17, 15) is 0 Å². The van der Waals surface area contributed by atoms with Crippen molar-refractivity contribution in [2.24, 2.45) is 5.41 Å². The summed E-state index contributed by atoms with van der Waals surface area (Å²) >= 11 is 12.2. The second-order valence-electron chi connectivity index (χ2n) is 5.95. The van der Waals surface area contributed by atoms with Crippen LogP contribution >= 0.6 is 23.2 Å². The molecule has 106 valence electrons. The van der Waals surface area contributed by atoms with E-state index >= 15 is 0 Å². The molecule has 19 heavy (non-hydrogen) atoms. The molecule has 1 N–H and O–H groups in total. The molecule has 1 fully saturated rings. The van der Waals surface area contributed by atoms with E-state index in [1.54, 1.807) is 0 Å². The van der Waals surface area contributed by atoms with Crippen LogP contribution in [0.4, 0.5) is 0 Å². The molecule has 0 bridgehead atoms. The molecule has 4 heteroatoms. The minimum absolute atomic E-state index is 0.400. The maximum atomic E-state index is 6.17. The molecule has 0 amide bonds. The van der Waals surface area contributed by atoms with Gasteiger partial charge >= 0.3 is 0 Å². The van der Waals surface area contributed by atoms with Crippen LogP contribution in [0.2, 0.25) is 10.0 Å². The van der Waals surface area contributed by atoms with Gasteiger partial charge in [-0.05, 0) is 62.2 Å². The summed E-state index contributed by atoms with van der Waals surface area (Å²) in [5, 5.41) is 5.06. The SMILES string of the molecule is CN1CCC(C)(CNCc2cc(Cl)ccc2Cl)CC1. The average Bonchev–Trinajstić information content (AvgIpc) is 2.38. The van der Waals surface area contributed by atoms with Crippen LogP contribution in [0.15, 0.2) is 18.2 Å². The number of benzene rings is 1. The number of nitrogens with zero attached hydrogens (tertiary/aromatic N) is 1. The maximum Gasteiger partial charge on any atom is 0.0451 e. The lowest BCUT2D eigenvalue weighted by molar-refractivity contribution is 0.137. The second-order valence-corrected chi connectivity index (χ2v) is 6.80. The molecule has 1 heterocycles. The standard InChI is InChI=1S/C15H22Cl2N2/c1-15(5-7-19(2)8-6-15)11-18-10-12-9-13(16)3-4-14(12)17/h3-4,9,18H,5-8,10-11H2,1-2H3. The molecule has 0 atom stereocenters. The van der Waals surface area contributed by atoms with E-state index in [-0.39, 0.29) is 0 Å². The monoisotopic (exact) mass is 300 g/mol. The zero-order valence-corrected chi connectivity index (χ0v) is 13.2. The van der Waals surface area contributed by atoms with Gasteiger partial charge in [0.05, 0.1) is 0 Å². The first-order valence-electron chi connectivity index (χ1n) is 6.82. The number of hydrogen-bond acceptors (Lipinski definition) is 2. The van der Waals surface area contributed by atoms with Gasteiger partial charge in [-0.3, -0.25) is 0 Å². The molecule has 1 aromatic rings. The summed E-state index contributed by atoms with van der Waals surface area (Å²) < 4.78 is 0. The highest BCUT2D eigenvalue weighted by Gasteiger charge is 2.28. The van der Waals surface area contributed by atoms with Crippen molar-refractivity contribution in [3.8, 4) is 0 Å². The van der Waals surface area contributed by atoms with Crippen molar-refractivity contribution < 1.29 is 0 Å². The van der Waals surface area contributed by atoms with Gasteiger partial charge in [-0.25, -0.2) is 0 Å². The summed E-state index contributed by atoms with van der Waals surface area (Å²) in [6, 6.07) is 5.62. The van der Waals surface area contributed by atoms with E-state index in [4.69, 9.17) is 23.2 Å². The van der Waals surface area contributed by atoms with Crippen molar-refractivity contribution in [2.75, 3.05) is 26.7 Å². The third-order valence-corrected chi connectivity index (χ3v) is 4.67. The Morgan fingerprint density at radius 2 is 1.95 bits per heavy atom. The first-order valence-corrected chi connectivity index (χ1v) is 7.57. The van der Waals surface area contributed by atoms with Gasteiger partial charge in [-0.2, -0.15) is 0 Å². The summed E-state index contributed by atoms with van der Waals surface area (Å²) in [6.07, 6.45) is 2.50. The Kier molecular flexibility index (Phi) is 5.13. The van der Waals surface area contributed by atoms with Gasteiger partial charge in [0, 0.05) is 23.1 Å². The van der Waals surface area contributed by atoms with E-state index in [0.717, 1.165) is 28.7 Å². The molecule has 1 aromatic carbocycles. The van der Waals surface area contributed by atoms with Crippen LogP contribution in [0.25, 0.3) is 0 Å². The summed E-state index contributed by atoms with van der Waals surface area (Å²) in [5.41, 5.74) is 1.48. The molecule has 2 rings (SSSR count). The summed E-state index contributed by atoms with van der Waals surface area (Å²) in [6.45, 7) is 6.56. The third-order valence-electron chi connectivity index (χ3n) is 4.07. The molecule has 0 aliphatic carbocycles. The maximum absolute atomic E-state index is 6.17.